The Morgan fingerprint density at radius 2 is 2.20 bits per heavy atom. The summed E-state index contributed by atoms with van der Waals surface area (Å²) in [7, 11) is 0. The highest BCUT2D eigenvalue weighted by molar-refractivity contribution is 5.48. The Bertz CT molecular complexity index is 491. The first kappa shape index (κ1) is 12.5. The van der Waals surface area contributed by atoms with Crippen molar-refractivity contribution in [1.29, 1.82) is 0 Å². The van der Waals surface area contributed by atoms with Gasteiger partial charge in [0.15, 0.2) is 11.5 Å². The molecule has 2 saturated heterocycles. The van der Waals surface area contributed by atoms with Gasteiger partial charge in [0, 0.05) is 24.2 Å². The molecule has 1 N–H and O–H groups in total. The zero-order chi connectivity index (χ0) is 13.4. The third-order valence-corrected chi connectivity index (χ3v) is 4.88. The molecule has 3 heterocycles. The minimum Gasteiger partial charge on any atom is -0.454 e. The monoisotopic (exact) mass is 274 g/mol. The van der Waals surface area contributed by atoms with Crippen molar-refractivity contribution in [3.8, 4) is 11.5 Å². The Labute approximate surface area is 120 Å². The summed E-state index contributed by atoms with van der Waals surface area (Å²) < 4.78 is 11.0. The molecule has 2 fully saturated rings. The van der Waals surface area contributed by atoms with Crippen molar-refractivity contribution in [2.75, 3.05) is 19.9 Å². The van der Waals surface area contributed by atoms with Crippen LogP contribution >= 0.6 is 0 Å². The first-order valence-corrected chi connectivity index (χ1v) is 7.75. The lowest BCUT2D eigenvalue weighted by molar-refractivity contribution is 0.165. The lowest BCUT2D eigenvalue weighted by atomic mass is 9.97. The molecule has 3 aliphatic heterocycles. The number of nitrogens with one attached hydrogen (secondary N) is 1. The van der Waals surface area contributed by atoms with Crippen molar-refractivity contribution in [2.45, 2.75) is 44.3 Å². The van der Waals surface area contributed by atoms with Crippen LogP contribution in [0.3, 0.4) is 0 Å². The molecule has 2 unspecified atom stereocenters. The van der Waals surface area contributed by atoms with Crippen molar-refractivity contribution >= 4 is 0 Å². The molecule has 20 heavy (non-hydrogen) atoms. The largest absolute Gasteiger partial charge is 0.454 e. The summed E-state index contributed by atoms with van der Waals surface area (Å²) in [6, 6.07) is 7.62. The summed E-state index contributed by atoms with van der Waals surface area (Å²) in [5.74, 6) is 1.81. The summed E-state index contributed by atoms with van der Waals surface area (Å²) in [5, 5.41) is 3.72. The molecule has 0 aromatic heterocycles. The molecule has 0 radical (unpaired) electrons. The normalized spacial score (nSPS) is 28.6. The van der Waals surface area contributed by atoms with E-state index >= 15 is 0 Å². The predicted molar refractivity (Wildman–Crippen MR) is 77.0 cm³/mol. The van der Waals surface area contributed by atoms with Crippen molar-refractivity contribution in [3.05, 3.63) is 23.8 Å². The van der Waals surface area contributed by atoms with Crippen LogP contribution < -0.4 is 14.8 Å². The third kappa shape index (κ3) is 2.27. The number of benzene rings is 1. The third-order valence-electron chi connectivity index (χ3n) is 4.88. The fourth-order valence-electron chi connectivity index (χ4n) is 3.79. The average Bonchev–Trinajstić information content (AvgIpc) is 3.13. The van der Waals surface area contributed by atoms with Crippen molar-refractivity contribution in [3.63, 3.8) is 0 Å². The highest BCUT2D eigenvalue weighted by Gasteiger charge is 2.31. The Morgan fingerprint density at radius 3 is 3.20 bits per heavy atom. The smallest absolute Gasteiger partial charge is 0.231 e. The quantitative estimate of drug-likeness (QED) is 0.915. The maximum absolute atomic E-state index is 5.57. The maximum atomic E-state index is 5.57. The molecule has 2 atom stereocenters. The van der Waals surface area contributed by atoms with E-state index in [9.17, 15) is 0 Å². The summed E-state index contributed by atoms with van der Waals surface area (Å²) in [6.45, 7) is 3.81. The van der Waals surface area contributed by atoms with E-state index in [0.29, 0.717) is 12.8 Å². The summed E-state index contributed by atoms with van der Waals surface area (Å²) >= 11 is 0. The number of nitrogens with zero attached hydrogens (tertiary/aromatic N) is 1. The Hall–Kier alpha value is -1.26. The number of para-hydroxylation sites is 1. The van der Waals surface area contributed by atoms with Gasteiger partial charge in [0.1, 0.15) is 0 Å². The van der Waals surface area contributed by atoms with Crippen LogP contribution in [0.25, 0.3) is 0 Å². The van der Waals surface area contributed by atoms with Crippen LogP contribution in [-0.2, 0) is 6.54 Å². The van der Waals surface area contributed by atoms with Crippen LogP contribution in [0.5, 0.6) is 11.5 Å². The molecule has 0 spiro atoms. The van der Waals surface area contributed by atoms with Crippen LogP contribution in [0.2, 0.25) is 0 Å². The number of hydrogen-bond acceptors (Lipinski definition) is 4. The van der Waals surface area contributed by atoms with E-state index in [0.717, 1.165) is 24.1 Å². The molecule has 0 saturated carbocycles. The molecule has 4 nitrogen and oxygen atoms in total. The van der Waals surface area contributed by atoms with Crippen LogP contribution in [-0.4, -0.2) is 36.9 Å². The molecule has 0 amide bonds. The molecule has 3 aliphatic rings. The Morgan fingerprint density at radius 1 is 1.20 bits per heavy atom. The predicted octanol–water partition coefficient (Wildman–Crippen LogP) is 2.13. The maximum Gasteiger partial charge on any atom is 0.231 e. The fourth-order valence-corrected chi connectivity index (χ4v) is 3.79. The zero-order valence-corrected chi connectivity index (χ0v) is 11.8. The highest BCUT2D eigenvalue weighted by atomic mass is 16.7. The van der Waals surface area contributed by atoms with E-state index in [2.05, 4.69) is 16.3 Å². The van der Waals surface area contributed by atoms with E-state index < -0.39 is 0 Å². The standard InChI is InChI=1S/C16H22N2O2/c1-3-12(16-15(5-1)19-11-20-16)10-17-13-6-8-18-7-2-4-14(18)9-13/h1,3,5,13-14,17H,2,4,6-11H2. The number of fused-ring (bicyclic) bond motifs is 2. The first-order chi connectivity index (χ1) is 9.90. The summed E-state index contributed by atoms with van der Waals surface area (Å²) in [4.78, 5) is 2.66. The van der Waals surface area contributed by atoms with Crippen molar-refractivity contribution < 1.29 is 9.47 Å². The molecule has 4 heteroatoms. The topological polar surface area (TPSA) is 33.7 Å². The molecule has 0 aliphatic carbocycles. The van der Waals surface area contributed by atoms with E-state index in [1.54, 1.807) is 0 Å². The SMILES string of the molecule is c1cc(CNC2CCN3CCCC3C2)c2c(c1)OCO2. The average molecular weight is 274 g/mol. The van der Waals surface area contributed by atoms with E-state index in [1.165, 1.54) is 44.3 Å². The summed E-state index contributed by atoms with van der Waals surface area (Å²) in [5.41, 5.74) is 1.22. The van der Waals surface area contributed by atoms with Gasteiger partial charge in [-0.2, -0.15) is 0 Å². The second-order valence-electron chi connectivity index (χ2n) is 6.09. The number of piperidine rings is 1. The molecule has 1 aromatic rings. The van der Waals surface area contributed by atoms with Crippen molar-refractivity contribution in [2.24, 2.45) is 0 Å². The molecular weight excluding hydrogens is 252 g/mol. The van der Waals surface area contributed by atoms with E-state index in [-0.39, 0.29) is 0 Å². The second-order valence-corrected chi connectivity index (χ2v) is 6.09. The number of rotatable bonds is 3. The van der Waals surface area contributed by atoms with Gasteiger partial charge >= 0.3 is 0 Å². The van der Waals surface area contributed by atoms with Gasteiger partial charge in [-0.05, 0) is 44.8 Å². The lowest BCUT2D eigenvalue weighted by Gasteiger charge is -2.35. The van der Waals surface area contributed by atoms with E-state index in [4.69, 9.17) is 9.47 Å². The van der Waals surface area contributed by atoms with E-state index in [1.807, 2.05) is 12.1 Å². The fraction of sp³-hybridized carbons (Fsp3) is 0.625. The highest BCUT2D eigenvalue weighted by Crippen LogP contribution is 2.35. The molecule has 1 aromatic carbocycles. The minimum absolute atomic E-state index is 0.354. The second kappa shape index (κ2) is 5.26. The minimum atomic E-state index is 0.354. The van der Waals surface area contributed by atoms with Gasteiger partial charge in [-0.15, -0.1) is 0 Å². The van der Waals surface area contributed by atoms with Gasteiger partial charge in [-0.1, -0.05) is 12.1 Å². The van der Waals surface area contributed by atoms with Gasteiger partial charge in [0.2, 0.25) is 6.79 Å². The van der Waals surface area contributed by atoms with Gasteiger partial charge in [0.25, 0.3) is 0 Å². The van der Waals surface area contributed by atoms with Gasteiger partial charge in [0.05, 0.1) is 0 Å². The van der Waals surface area contributed by atoms with Crippen LogP contribution in [0, 0.1) is 0 Å². The number of ether oxygens (including phenoxy) is 2. The zero-order valence-electron chi connectivity index (χ0n) is 11.8. The Balaban J connectivity index is 1.38. The number of hydrogen-bond donors (Lipinski definition) is 1. The van der Waals surface area contributed by atoms with Crippen LogP contribution in [0.15, 0.2) is 18.2 Å². The molecule has 108 valence electrons. The van der Waals surface area contributed by atoms with Gasteiger partial charge in [-0.25, -0.2) is 0 Å². The molecule has 0 bridgehead atoms. The van der Waals surface area contributed by atoms with Gasteiger partial charge < -0.3 is 19.7 Å². The lowest BCUT2D eigenvalue weighted by Crippen LogP contribution is -2.45. The first-order valence-electron chi connectivity index (χ1n) is 7.75. The van der Waals surface area contributed by atoms with Crippen LogP contribution in [0.1, 0.15) is 31.2 Å². The van der Waals surface area contributed by atoms with Crippen LogP contribution in [0.4, 0.5) is 0 Å². The molecular formula is C16H22N2O2. The Kier molecular flexibility index (Phi) is 3.28. The summed E-state index contributed by atoms with van der Waals surface area (Å²) in [6.07, 6.45) is 5.33. The van der Waals surface area contributed by atoms with Crippen molar-refractivity contribution in [1.82, 2.24) is 10.2 Å². The van der Waals surface area contributed by atoms with Gasteiger partial charge in [-0.3, -0.25) is 0 Å². The molecule has 4 rings (SSSR count).